The van der Waals surface area contributed by atoms with Gasteiger partial charge in [-0.2, -0.15) is 0 Å². The lowest BCUT2D eigenvalue weighted by molar-refractivity contribution is -0.135. The monoisotopic (exact) mass is 311 g/mol. The molecule has 22 heavy (non-hydrogen) atoms. The van der Waals surface area contributed by atoms with Gasteiger partial charge in [0.25, 0.3) is 0 Å². The minimum absolute atomic E-state index is 0.195. The van der Waals surface area contributed by atoms with Crippen molar-refractivity contribution in [3.05, 3.63) is 41.5 Å². The number of rotatable bonds is 3. The van der Waals surface area contributed by atoms with E-state index in [4.69, 9.17) is 0 Å². The highest BCUT2D eigenvalue weighted by Gasteiger charge is 2.20. The van der Waals surface area contributed by atoms with Crippen molar-refractivity contribution in [2.75, 3.05) is 13.1 Å². The highest BCUT2D eigenvalue weighted by Crippen LogP contribution is 2.29. The number of hydrogen-bond donors (Lipinski definition) is 0. The van der Waals surface area contributed by atoms with Crippen LogP contribution in [0.5, 0.6) is 0 Å². The molecular weight excluding hydrogens is 294 g/mol. The molecule has 112 valence electrons. The van der Waals surface area contributed by atoms with Gasteiger partial charge < -0.3 is 9.47 Å². The minimum atomic E-state index is 0.195. The van der Waals surface area contributed by atoms with Crippen molar-refractivity contribution in [1.82, 2.24) is 14.5 Å². The minimum Gasteiger partial charge on any atom is -0.341 e. The molecule has 1 fully saturated rings. The van der Waals surface area contributed by atoms with Crippen molar-refractivity contribution in [1.29, 1.82) is 0 Å². The molecule has 5 heteroatoms. The van der Waals surface area contributed by atoms with Crippen LogP contribution >= 0.6 is 11.3 Å². The summed E-state index contributed by atoms with van der Waals surface area (Å²) in [5, 5.41) is 0. The van der Waals surface area contributed by atoms with Crippen molar-refractivity contribution in [3.8, 4) is 10.4 Å². The van der Waals surface area contributed by atoms with Crippen molar-refractivity contribution < 1.29 is 4.79 Å². The molecule has 0 radical (unpaired) electrons. The van der Waals surface area contributed by atoms with Crippen LogP contribution in [0.3, 0.4) is 0 Å². The Morgan fingerprint density at radius 2 is 2.18 bits per heavy atom. The molecule has 0 saturated carbocycles. The van der Waals surface area contributed by atoms with Gasteiger partial charge in [0.15, 0.2) is 0 Å². The fourth-order valence-electron chi connectivity index (χ4n) is 2.74. The molecule has 0 aromatic carbocycles. The van der Waals surface area contributed by atoms with Crippen LogP contribution < -0.4 is 0 Å². The first-order chi connectivity index (χ1) is 10.7. The predicted molar refractivity (Wildman–Crippen MR) is 89.0 cm³/mol. The van der Waals surface area contributed by atoms with E-state index in [0.29, 0.717) is 6.54 Å². The zero-order valence-corrected chi connectivity index (χ0v) is 13.3. The summed E-state index contributed by atoms with van der Waals surface area (Å²) in [4.78, 5) is 21.1. The normalized spacial score (nSPS) is 14.3. The summed E-state index contributed by atoms with van der Waals surface area (Å²) < 4.78 is 2.01. The average Bonchev–Trinajstić information content (AvgIpc) is 3.03. The first kappa shape index (κ1) is 13.5. The molecule has 0 atom stereocenters. The van der Waals surface area contributed by atoms with Crippen LogP contribution in [0.15, 0.2) is 36.7 Å². The largest absolute Gasteiger partial charge is 0.341 e. The Morgan fingerprint density at radius 3 is 2.86 bits per heavy atom. The van der Waals surface area contributed by atoms with Gasteiger partial charge in [-0.3, -0.25) is 9.78 Å². The van der Waals surface area contributed by atoms with E-state index in [9.17, 15) is 4.79 Å². The lowest BCUT2D eigenvalue weighted by Gasteiger charge is -2.31. The van der Waals surface area contributed by atoms with Gasteiger partial charge in [-0.1, -0.05) is 0 Å². The van der Waals surface area contributed by atoms with E-state index in [0.717, 1.165) is 36.1 Å². The van der Waals surface area contributed by atoms with Gasteiger partial charge >= 0.3 is 0 Å². The number of likely N-dealkylation sites (tertiary alicyclic amines) is 1. The van der Waals surface area contributed by atoms with Crippen LogP contribution in [-0.4, -0.2) is 33.4 Å². The number of aryl methyl sites for hydroxylation is 1. The summed E-state index contributed by atoms with van der Waals surface area (Å²) in [5.74, 6) is 0.195. The molecule has 0 spiro atoms. The Hall–Kier alpha value is -2.14. The average molecular weight is 311 g/mol. The maximum absolute atomic E-state index is 12.2. The Labute approximate surface area is 133 Å². The van der Waals surface area contributed by atoms with E-state index in [2.05, 4.69) is 30.1 Å². The van der Waals surface area contributed by atoms with Crippen LogP contribution in [0.2, 0.25) is 0 Å². The van der Waals surface area contributed by atoms with E-state index < -0.39 is 0 Å². The fourth-order valence-corrected chi connectivity index (χ4v) is 3.59. The number of fused-ring (bicyclic) bond motifs is 1. The maximum Gasteiger partial charge on any atom is 0.242 e. The summed E-state index contributed by atoms with van der Waals surface area (Å²) in [5.41, 5.74) is 3.08. The van der Waals surface area contributed by atoms with E-state index >= 15 is 0 Å². The maximum atomic E-state index is 12.2. The molecule has 1 saturated heterocycles. The number of amides is 1. The van der Waals surface area contributed by atoms with Gasteiger partial charge in [0.1, 0.15) is 6.54 Å². The molecule has 1 amide bonds. The molecular formula is C17H17N3OS. The van der Waals surface area contributed by atoms with Crippen molar-refractivity contribution in [2.24, 2.45) is 0 Å². The second-order valence-electron chi connectivity index (χ2n) is 5.72. The Morgan fingerprint density at radius 1 is 1.32 bits per heavy atom. The molecule has 4 rings (SSSR count). The lowest BCUT2D eigenvalue weighted by atomic mass is 10.2. The van der Waals surface area contributed by atoms with Crippen molar-refractivity contribution >= 4 is 28.3 Å². The zero-order valence-electron chi connectivity index (χ0n) is 12.5. The Balaban J connectivity index is 1.68. The second kappa shape index (κ2) is 5.25. The molecule has 3 aromatic rings. The SMILES string of the molecule is Cc1ccc(-c2cnc3ccn(CC(=O)N4CCC4)c3c2)s1. The van der Waals surface area contributed by atoms with Crippen LogP contribution in [0.4, 0.5) is 0 Å². The summed E-state index contributed by atoms with van der Waals surface area (Å²) in [7, 11) is 0. The van der Waals surface area contributed by atoms with E-state index in [1.54, 1.807) is 11.3 Å². The van der Waals surface area contributed by atoms with Crippen LogP contribution in [-0.2, 0) is 11.3 Å². The quantitative estimate of drug-likeness (QED) is 0.744. The third kappa shape index (κ3) is 2.31. The predicted octanol–water partition coefficient (Wildman–Crippen LogP) is 3.31. The summed E-state index contributed by atoms with van der Waals surface area (Å²) in [6.45, 7) is 4.30. The molecule has 0 unspecified atom stereocenters. The van der Waals surface area contributed by atoms with Gasteiger partial charge in [-0.15, -0.1) is 11.3 Å². The molecule has 0 N–H and O–H groups in total. The molecule has 0 aliphatic carbocycles. The Bertz CT molecular complexity index is 845. The first-order valence-corrected chi connectivity index (χ1v) is 8.32. The molecule has 1 aliphatic rings. The number of thiophene rings is 1. The van der Waals surface area contributed by atoms with Gasteiger partial charge in [0.2, 0.25) is 5.91 Å². The summed E-state index contributed by atoms with van der Waals surface area (Å²) >= 11 is 1.76. The number of carbonyl (C=O) groups excluding carboxylic acids is 1. The number of hydrogen-bond acceptors (Lipinski definition) is 3. The molecule has 0 bridgehead atoms. The molecule has 4 heterocycles. The van der Waals surface area contributed by atoms with Gasteiger partial charge in [-0.25, -0.2) is 0 Å². The lowest BCUT2D eigenvalue weighted by Crippen LogP contribution is -2.43. The highest BCUT2D eigenvalue weighted by atomic mass is 32.1. The molecule has 1 aliphatic heterocycles. The third-order valence-corrected chi connectivity index (χ3v) is 5.21. The highest BCUT2D eigenvalue weighted by molar-refractivity contribution is 7.15. The second-order valence-corrected chi connectivity index (χ2v) is 7.00. The van der Waals surface area contributed by atoms with Gasteiger partial charge in [-0.05, 0) is 37.6 Å². The summed E-state index contributed by atoms with van der Waals surface area (Å²) in [6, 6.07) is 8.36. The van der Waals surface area contributed by atoms with Crippen LogP contribution in [0.25, 0.3) is 21.5 Å². The number of carbonyl (C=O) groups is 1. The van der Waals surface area contributed by atoms with Gasteiger partial charge in [0.05, 0.1) is 11.0 Å². The summed E-state index contributed by atoms with van der Waals surface area (Å²) in [6.07, 6.45) is 5.00. The van der Waals surface area contributed by atoms with E-state index in [1.165, 1.54) is 9.75 Å². The first-order valence-electron chi connectivity index (χ1n) is 7.50. The third-order valence-electron chi connectivity index (χ3n) is 4.16. The topological polar surface area (TPSA) is 38.1 Å². The molecule has 3 aromatic heterocycles. The number of pyridine rings is 1. The van der Waals surface area contributed by atoms with Gasteiger partial charge in [0, 0.05) is 40.8 Å². The fraction of sp³-hybridized carbons (Fsp3) is 0.294. The number of aromatic nitrogens is 2. The standard InChI is InChI=1S/C17H17N3OS/c1-12-3-4-16(22-12)13-9-15-14(18-10-13)5-8-20(15)11-17(21)19-6-2-7-19/h3-5,8-10H,2,6-7,11H2,1H3. The van der Waals surface area contributed by atoms with E-state index in [-0.39, 0.29) is 5.91 Å². The zero-order chi connectivity index (χ0) is 15.1. The molecule has 4 nitrogen and oxygen atoms in total. The number of nitrogens with zero attached hydrogens (tertiary/aromatic N) is 3. The Kier molecular flexibility index (Phi) is 3.22. The smallest absolute Gasteiger partial charge is 0.242 e. The van der Waals surface area contributed by atoms with E-state index in [1.807, 2.05) is 27.9 Å². The van der Waals surface area contributed by atoms with Crippen LogP contribution in [0.1, 0.15) is 11.3 Å². The van der Waals surface area contributed by atoms with Crippen molar-refractivity contribution in [3.63, 3.8) is 0 Å². The van der Waals surface area contributed by atoms with Crippen molar-refractivity contribution in [2.45, 2.75) is 19.9 Å². The van der Waals surface area contributed by atoms with Crippen LogP contribution in [0, 0.1) is 6.92 Å².